The molecule has 158 valence electrons. The second kappa shape index (κ2) is 10.5. The second-order valence-corrected chi connectivity index (χ2v) is 8.68. The number of hydrogen-bond donors (Lipinski definition) is 3. The fourth-order valence-electron chi connectivity index (χ4n) is 2.79. The van der Waals surface area contributed by atoms with Crippen LogP contribution < -0.4 is 16.0 Å². The van der Waals surface area contributed by atoms with Gasteiger partial charge < -0.3 is 16.0 Å². The first-order valence-corrected chi connectivity index (χ1v) is 11.3. The molecule has 0 saturated carbocycles. The molecule has 8 heteroatoms. The predicted molar refractivity (Wildman–Crippen MR) is 120 cm³/mol. The molecule has 0 aliphatic rings. The van der Waals surface area contributed by atoms with E-state index in [1.165, 1.54) is 6.26 Å². The highest BCUT2D eigenvalue weighted by molar-refractivity contribution is 7.90. The average Bonchev–Trinajstić information content (AvgIpc) is 2.69. The van der Waals surface area contributed by atoms with Crippen molar-refractivity contribution in [2.24, 2.45) is 4.99 Å². The third kappa shape index (κ3) is 6.94. The number of aryl methyl sites for hydroxylation is 1. The van der Waals surface area contributed by atoms with Crippen LogP contribution in [0.1, 0.15) is 23.6 Å². The van der Waals surface area contributed by atoms with Crippen LogP contribution in [0.25, 0.3) is 0 Å². The average molecular weight is 427 g/mol. The fourth-order valence-corrected chi connectivity index (χ4v) is 3.75. The zero-order valence-electron chi connectivity index (χ0n) is 17.3. The van der Waals surface area contributed by atoms with Gasteiger partial charge >= 0.3 is 0 Å². The van der Waals surface area contributed by atoms with E-state index in [9.17, 15) is 13.2 Å². The highest BCUT2D eigenvalue weighted by atomic mass is 32.2. The summed E-state index contributed by atoms with van der Waals surface area (Å²) in [4.78, 5) is 17.0. The normalized spacial score (nSPS) is 11.5. The van der Waals surface area contributed by atoms with Gasteiger partial charge in [-0.1, -0.05) is 24.1 Å². The van der Waals surface area contributed by atoms with Gasteiger partial charge in [-0.2, -0.15) is 0 Å². The first kappa shape index (κ1) is 23.0. The molecule has 1 amide bonds. The number of benzene rings is 2. The Hall–Kier alpha value is -3.31. The van der Waals surface area contributed by atoms with Crippen molar-refractivity contribution in [3.63, 3.8) is 0 Å². The van der Waals surface area contributed by atoms with Crippen LogP contribution in [0.15, 0.2) is 52.4 Å². The molecule has 0 aliphatic heterocycles. The molecular weight excluding hydrogens is 400 g/mol. The molecule has 0 heterocycles. The summed E-state index contributed by atoms with van der Waals surface area (Å²) in [6.45, 7) is 4.67. The lowest BCUT2D eigenvalue weighted by Gasteiger charge is -2.12. The molecule has 2 rings (SSSR count). The van der Waals surface area contributed by atoms with Crippen molar-refractivity contribution in [2.75, 3.05) is 24.7 Å². The van der Waals surface area contributed by atoms with Gasteiger partial charge in [-0.15, -0.1) is 6.42 Å². The van der Waals surface area contributed by atoms with Crippen LogP contribution in [-0.2, 0) is 21.2 Å². The van der Waals surface area contributed by atoms with E-state index in [1.807, 2.05) is 6.92 Å². The minimum Gasteiger partial charge on any atom is -0.357 e. The largest absolute Gasteiger partial charge is 0.357 e. The summed E-state index contributed by atoms with van der Waals surface area (Å²) in [5.41, 5.74) is 2.86. The van der Waals surface area contributed by atoms with E-state index >= 15 is 0 Å². The number of guanidine groups is 1. The molecule has 0 radical (unpaired) electrons. The number of hydrogen-bond acceptors (Lipinski definition) is 4. The van der Waals surface area contributed by atoms with Crippen molar-refractivity contribution in [3.05, 3.63) is 59.2 Å². The first-order chi connectivity index (χ1) is 14.2. The van der Waals surface area contributed by atoms with E-state index in [4.69, 9.17) is 6.42 Å². The summed E-state index contributed by atoms with van der Waals surface area (Å²) >= 11 is 0. The van der Waals surface area contributed by atoms with Crippen LogP contribution in [0.3, 0.4) is 0 Å². The highest BCUT2D eigenvalue weighted by Gasteiger charge is 2.11. The number of nitrogens with zero attached hydrogens (tertiary/aromatic N) is 1. The number of aliphatic imine (C=N–C) groups is 1. The molecule has 0 aromatic heterocycles. The minimum atomic E-state index is -3.25. The van der Waals surface area contributed by atoms with Crippen LogP contribution >= 0.6 is 0 Å². The second-order valence-electron chi connectivity index (χ2n) is 6.69. The Morgan fingerprint density at radius 3 is 2.57 bits per heavy atom. The Balaban J connectivity index is 1.99. The number of sulfone groups is 1. The standard InChI is InChI=1S/C22H26N4O3S/c1-5-17-8-7-9-19(13-17)26-21(27)15-25-22(23-6-2)24-14-18-10-11-20(16(3)12-18)30(4,28)29/h1,7-13H,6,14-15H2,2-4H3,(H,26,27)(H2,23,24,25). The van der Waals surface area contributed by atoms with E-state index < -0.39 is 9.84 Å². The lowest BCUT2D eigenvalue weighted by Crippen LogP contribution is -2.41. The molecule has 0 aliphatic carbocycles. The summed E-state index contributed by atoms with van der Waals surface area (Å²) < 4.78 is 23.5. The number of anilines is 1. The smallest absolute Gasteiger partial charge is 0.243 e. The van der Waals surface area contributed by atoms with E-state index in [2.05, 4.69) is 26.9 Å². The van der Waals surface area contributed by atoms with Crippen molar-refractivity contribution in [2.45, 2.75) is 25.3 Å². The van der Waals surface area contributed by atoms with Gasteiger partial charge in [0.1, 0.15) is 0 Å². The lowest BCUT2D eigenvalue weighted by molar-refractivity contribution is -0.115. The Kier molecular flexibility index (Phi) is 8.01. The number of terminal acetylenes is 1. The Morgan fingerprint density at radius 2 is 1.93 bits per heavy atom. The Bertz CT molecular complexity index is 1090. The van der Waals surface area contributed by atoms with Crippen LogP contribution in [0.5, 0.6) is 0 Å². The van der Waals surface area contributed by atoms with E-state index in [0.29, 0.717) is 40.8 Å². The summed E-state index contributed by atoms with van der Waals surface area (Å²) in [7, 11) is -3.25. The maximum Gasteiger partial charge on any atom is 0.243 e. The topological polar surface area (TPSA) is 99.7 Å². The summed E-state index contributed by atoms with van der Waals surface area (Å²) in [6.07, 6.45) is 6.56. The fraction of sp³-hybridized carbons (Fsp3) is 0.273. The lowest BCUT2D eigenvalue weighted by atomic mass is 10.1. The molecule has 0 spiro atoms. The summed E-state index contributed by atoms with van der Waals surface area (Å²) in [5, 5.41) is 8.84. The van der Waals surface area contributed by atoms with Crippen molar-refractivity contribution in [1.82, 2.24) is 10.6 Å². The van der Waals surface area contributed by atoms with E-state index in [1.54, 1.807) is 49.4 Å². The molecule has 2 aromatic rings. The molecule has 0 atom stereocenters. The van der Waals surface area contributed by atoms with Gasteiger partial charge in [-0.3, -0.25) is 4.79 Å². The van der Waals surface area contributed by atoms with Crippen molar-refractivity contribution in [1.29, 1.82) is 0 Å². The van der Waals surface area contributed by atoms with Gasteiger partial charge in [-0.05, 0) is 49.2 Å². The monoisotopic (exact) mass is 426 g/mol. The van der Waals surface area contributed by atoms with E-state index in [0.717, 1.165) is 5.56 Å². The van der Waals surface area contributed by atoms with Crippen LogP contribution in [0, 0.1) is 19.3 Å². The van der Waals surface area contributed by atoms with Gasteiger partial charge in [0.2, 0.25) is 5.91 Å². The minimum absolute atomic E-state index is 0.0260. The number of carbonyl (C=O) groups excluding carboxylic acids is 1. The third-order valence-corrected chi connectivity index (χ3v) is 5.39. The maximum atomic E-state index is 12.2. The molecular formula is C22H26N4O3S. The number of rotatable bonds is 7. The number of carbonyl (C=O) groups is 1. The van der Waals surface area contributed by atoms with Crippen molar-refractivity contribution < 1.29 is 13.2 Å². The van der Waals surface area contributed by atoms with Crippen LogP contribution in [-0.4, -0.2) is 39.6 Å². The SMILES string of the molecule is C#Cc1cccc(NC(=O)CNC(=NCc2ccc(S(C)(=O)=O)c(C)c2)NCC)c1. The van der Waals surface area contributed by atoms with Gasteiger partial charge in [0.15, 0.2) is 15.8 Å². The van der Waals surface area contributed by atoms with Crippen LogP contribution in [0.4, 0.5) is 5.69 Å². The molecule has 0 saturated heterocycles. The van der Waals surface area contributed by atoms with Gasteiger partial charge in [0.05, 0.1) is 18.0 Å². The van der Waals surface area contributed by atoms with E-state index in [-0.39, 0.29) is 12.5 Å². The maximum absolute atomic E-state index is 12.2. The van der Waals surface area contributed by atoms with Gasteiger partial charge in [-0.25, -0.2) is 13.4 Å². The molecule has 7 nitrogen and oxygen atoms in total. The molecule has 0 bridgehead atoms. The molecule has 0 fully saturated rings. The first-order valence-electron chi connectivity index (χ1n) is 9.41. The number of nitrogens with one attached hydrogen (secondary N) is 3. The zero-order chi connectivity index (χ0) is 22.1. The predicted octanol–water partition coefficient (Wildman–Crippen LogP) is 2.07. The Morgan fingerprint density at radius 1 is 1.17 bits per heavy atom. The van der Waals surface area contributed by atoms with Gasteiger partial charge in [0, 0.05) is 24.1 Å². The summed E-state index contributed by atoms with van der Waals surface area (Å²) in [5.74, 6) is 2.77. The molecule has 0 unspecified atom stereocenters. The number of amides is 1. The molecule has 2 aromatic carbocycles. The summed E-state index contributed by atoms with van der Waals surface area (Å²) in [6, 6.07) is 12.2. The Labute approximate surface area is 177 Å². The highest BCUT2D eigenvalue weighted by Crippen LogP contribution is 2.17. The molecule has 30 heavy (non-hydrogen) atoms. The third-order valence-electron chi connectivity index (χ3n) is 4.13. The van der Waals surface area contributed by atoms with Crippen molar-refractivity contribution >= 4 is 27.4 Å². The quantitative estimate of drug-likeness (QED) is 0.358. The van der Waals surface area contributed by atoms with Crippen molar-refractivity contribution in [3.8, 4) is 12.3 Å². The van der Waals surface area contributed by atoms with Gasteiger partial charge in [0.25, 0.3) is 0 Å². The zero-order valence-corrected chi connectivity index (χ0v) is 18.1. The molecule has 3 N–H and O–H groups in total. The van der Waals surface area contributed by atoms with Crippen LogP contribution in [0.2, 0.25) is 0 Å².